The highest BCUT2D eigenvalue weighted by molar-refractivity contribution is 5.77. The molecule has 0 radical (unpaired) electrons. The number of aldehydes is 1. The zero-order valence-electron chi connectivity index (χ0n) is 5.52. The van der Waals surface area contributed by atoms with E-state index >= 15 is 0 Å². The molecule has 5 heteroatoms. The van der Waals surface area contributed by atoms with Gasteiger partial charge in [0.1, 0.15) is 5.69 Å². The van der Waals surface area contributed by atoms with E-state index in [1.807, 2.05) is 5.43 Å². The van der Waals surface area contributed by atoms with Crippen LogP contribution in [0.15, 0.2) is 18.3 Å². The summed E-state index contributed by atoms with van der Waals surface area (Å²) in [6, 6.07) is 3.07. The van der Waals surface area contributed by atoms with Gasteiger partial charge in [-0.1, -0.05) is 0 Å². The van der Waals surface area contributed by atoms with Crippen molar-refractivity contribution in [1.82, 2.24) is 4.68 Å². The van der Waals surface area contributed by atoms with Crippen LogP contribution in [0.1, 0.15) is 10.5 Å². The second kappa shape index (κ2) is 2.87. The smallest absolute Gasteiger partial charge is 0.423 e. The van der Waals surface area contributed by atoms with Crippen molar-refractivity contribution < 1.29 is 14.7 Å². The van der Waals surface area contributed by atoms with Crippen LogP contribution in [-0.4, -0.2) is 22.2 Å². The third kappa shape index (κ3) is 1.57. The molecule has 1 heterocycles. The second-order valence-corrected chi connectivity index (χ2v) is 1.84. The lowest BCUT2D eigenvalue weighted by molar-refractivity contribution is 0.111. The summed E-state index contributed by atoms with van der Waals surface area (Å²) >= 11 is 0. The number of hydrogen-bond donors (Lipinski definition) is 2. The minimum Gasteiger partial charge on any atom is -0.464 e. The van der Waals surface area contributed by atoms with Gasteiger partial charge in [0.05, 0.1) is 0 Å². The number of nitrogens with one attached hydrogen (secondary N) is 1. The SMILES string of the molecule is O=Cc1cccn1NC(=O)O. The minimum atomic E-state index is -1.20. The molecular weight excluding hydrogens is 148 g/mol. The van der Waals surface area contributed by atoms with Gasteiger partial charge in [-0.25, -0.2) is 10.2 Å². The number of hydrogen-bond acceptors (Lipinski definition) is 2. The first-order valence-electron chi connectivity index (χ1n) is 2.86. The highest BCUT2D eigenvalue weighted by Crippen LogP contribution is 1.94. The number of amides is 1. The maximum absolute atomic E-state index is 10.2. The zero-order chi connectivity index (χ0) is 8.27. The molecule has 1 amide bonds. The van der Waals surface area contributed by atoms with E-state index in [0.29, 0.717) is 6.29 Å². The molecule has 2 N–H and O–H groups in total. The van der Waals surface area contributed by atoms with Gasteiger partial charge >= 0.3 is 6.09 Å². The molecule has 11 heavy (non-hydrogen) atoms. The fourth-order valence-corrected chi connectivity index (χ4v) is 0.695. The molecule has 0 saturated heterocycles. The van der Waals surface area contributed by atoms with Crippen molar-refractivity contribution in [3.05, 3.63) is 24.0 Å². The van der Waals surface area contributed by atoms with Crippen LogP contribution in [0.3, 0.4) is 0 Å². The van der Waals surface area contributed by atoms with Crippen molar-refractivity contribution in [3.63, 3.8) is 0 Å². The Balaban J connectivity index is 2.84. The van der Waals surface area contributed by atoms with Crippen molar-refractivity contribution in [3.8, 4) is 0 Å². The third-order valence-corrected chi connectivity index (χ3v) is 1.12. The number of nitrogens with zero attached hydrogens (tertiary/aromatic N) is 1. The fraction of sp³-hybridized carbons (Fsp3) is 0. The minimum absolute atomic E-state index is 0.271. The van der Waals surface area contributed by atoms with E-state index in [9.17, 15) is 9.59 Å². The Labute approximate surface area is 62.2 Å². The molecule has 0 aliphatic heterocycles. The Morgan fingerprint density at radius 1 is 1.73 bits per heavy atom. The predicted octanol–water partition coefficient (Wildman–Crippen LogP) is 0.522. The van der Waals surface area contributed by atoms with Crippen LogP contribution in [0.5, 0.6) is 0 Å². The van der Waals surface area contributed by atoms with E-state index in [1.165, 1.54) is 12.3 Å². The molecule has 0 atom stereocenters. The topological polar surface area (TPSA) is 71.3 Å². The summed E-state index contributed by atoms with van der Waals surface area (Å²) in [6.45, 7) is 0. The Hall–Kier alpha value is -1.78. The van der Waals surface area contributed by atoms with E-state index in [2.05, 4.69) is 0 Å². The molecule has 1 aromatic rings. The Bertz CT molecular complexity index is 279. The van der Waals surface area contributed by atoms with E-state index in [4.69, 9.17) is 5.11 Å². The molecule has 0 fully saturated rings. The first-order valence-corrected chi connectivity index (χ1v) is 2.86. The van der Waals surface area contributed by atoms with E-state index < -0.39 is 6.09 Å². The van der Waals surface area contributed by atoms with Crippen LogP contribution in [0.25, 0.3) is 0 Å². The molecule has 0 aliphatic rings. The molecule has 1 aromatic heterocycles. The van der Waals surface area contributed by atoms with Crippen LogP contribution in [-0.2, 0) is 0 Å². The summed E-state index contributed by atoms with van der Waals surface area (Å²) in [4.78, 5) is 20.3. The molecule has 0 aromatic carbocycles. The zero-order valence-corrected chi connectivity index (χ0v) is 5.52. The molecule has 0 aliphatic carbocycles. The number of carbonyl (C=O) groups excluding carboxylic acids is 1. The van der Waals surface area contributed by atoms with Crippen molar-refractivity contribution in [2.24, 2.45) is 0 Å². The Morgan fingerprint density at radius 3 is 3.00 bits per heavy atom. The van der Waals surface area contributed by atoms with E-state index in [-0.39, 0.29) is 5.69 Å². The summed E-state index contributed by atoms with van der Waals surface area (Å²) in [5, 5.41) is 8.26. The largest absolute Gasteiger partial charge is 0.464 e. The summed E-state index contributed by atoms with van der Waals surface area (Å²) in [5.74, 6) is 0. The molecule has 0 spiro atoms. The van der Waals surface area contributed by atoms with Gasteiger partial charge in [-0.05, 0) is 12.1 Å². The molecule has 58 valence electrons. The predicted molar refractivity (Wildman–Crippen MR) is 37.2 cm³/mol. The third-order valence-electron chi connectivity index (χ3n) is 1.12. The number of rotatable bonds is 2. The Morgan fingerprint density at radius 2 is 2.45 bits per heavy atom. The van der Waals surface area contributed by atoms with Crippen LogP contribution < -0.4 is 5.43 Å². The molecule has 1 rings (SSSR count). The van der Waals surface area contributed by atoms with Crippen LogP contribution in [0.4, 0.5) is 4.79 Å². The normalized spacial score (nSPS) is 9.09. The standard InChI is InChI=1S/C6H6N2O3/c9-4-5-2-1-3-8(5)7-6(10)11/h1-4,7H,(H,10,11). The van der Waals surface area contributed by atoms with Gasteiger partial charge in [-0.15, -0.1) is 0 Å². The van der Waals surface area contributed by atoms with Crippen molar-refractivity contribution in [2.75, 3.05) is 5.43 Å². The first-order chi connectivity index (χ1) is 5.24. The van der Waals surface area contributed by atoms with E-state index in [0.717, 1.165) is 4.68 Å². The van der Waals surface area contributed by atoms with Crippen LogP contribution >= 0.6 is 0 Å². The average Bonchev–Trinajstić information content (AvgIpc) is 2.34. The number of aromatic nitrogens is 1. The summed E-state index contributed by atoms with van der Waals surface area (Å²) in [7, 11) is 0. The van der Waals surface area contributed by atoms with Gasteiger partial charge in [-0.2, -0.15) is 0 Å². The van der Waals surface area contributed by atoms with Crippen molar-refractivity contribution >= 4 is 12.4 Å². The lowest BCUT2D eigenvalue weighted by Crippen LogP contribution is -2.21. The van der Waals surface area contributed by atoms with Gasteiger partial charge in [0.15, 0.2) is 6.29 Å². The van der Waals surface area contributed by atoms with Gasteiger partial charge in [0, 0.05) is 6.20 Å². The fourth-order valence-electron chi connectivity index (χ4n) is 0.695. The number of carboxylic acid groups (broad SMARTS) is 1. The molecular formula is C6H6N2O3. The average molecular weight is 154 g/mol. The molecule has 0 bridgehead atoms. The maximum atomic E-state index is 10.2. The van der Waals surface area contributed by atoms with Gasteiger partial charge in [-0.3, -0.25) is 9.47 Å². The lowest BCUT2D eigenvalue weighted by Gasteiger charge is -2.01. The summed E-state index contributed by atoms with van der Waals surface area (Å²) in [6.07, 6.45) is 0.803. The quantitative estimate of drug-likeness (QED) is 0.610. The monoisotopic (exact) mass is 154 g/mol. The maximum Gasteiger partial charge on any atom is 0.423 e. The summed E-state index contributed by atoms with van der Waals surface area (Å²) < 4.78 is 1.12. The van der Waals surface area contributed by atoms with Crippen molar-refractivity contribution in [2.45, 2.75) is 0 Å². The first kappa shape index (κ1) is 7.33. The van der Waals surface area contributed by atoms with Gasteiger partial charge < -0.3 is 5.11 Å². The van der Waals surface area contributed by atoms with Crippen LogP contribution in [0.2, 0.25) is 0 Å². The highest BCUT2D eigenvalue weighted by atomic mass is 16.4. The highest BCUT2D eigenvalue weighted by Gasteiger charge is 2.00. The Kier molecular flexibility index (Phi) is 1.91. The van der Waals surface area contributed by atoms with Gasteiger partial charge in [0.25, 0.3) is 0 Å². The number of carbonyl (C=O) groups is 2. The molecule has 0 saturated carbocycles. The van der Waals surface area contributed by atoms with Crippen molar-refractivity contribution in [1.29, 1.82) is 0 Å². The lowest BCUT2D eigenvalue weighted by atomic mass is 10.5. The summed E-state index contributed by atoms with van der Waals surface area (Å²) in [5.41, 5.74) is 2.28. The second-order valence-electron chi connectivity index (χ2n) is 1.84. The van der Waals surface area contributed by atoms with Crippen LogP contribution in [0, 0.1) is 0 Å². The molecule has 0 unspecified atom stereocenters. The van der Waals surface area contributed by atoms with E-state index in [1.54, 1.807) is 6.07 Å². The van der Waals surface area contributed by atoms with Gasteiger partial charge in [0.2, 0.25) is 0 Å². The molecule has 5 nitrogen and oxygen atoms in total.